The molecule has 4 nitrogen and oxygen atoms in total. The molecule has 0 aliphatic heterocycles. The van der Waals surface area contributed by atoms with Gasteiger partial charge in [0.2, 0.25) is 6.08 Å². The molecule has 0 spiro atoms. The van der Waals surface area contributed by atoms with Crippen LogP contribution < -0.4 is 0 Å². The predicted molar refractivity (Wildman–Crippen MR) is 115 cm³/mol. The molecule has 0 bridgehead atoms. The number of rotatable bonds is 5. The first-order chi connectivity index (χ1) is 13.6. The van der Waals surface area contributed by atoms with Crippen LogP contribution >= 0.6 is 0 Å². The van der Waals surface area contributed by atoms with Crippen molar-refractivity contribution in [1.29, 1.82) is 5.41 Å². The Bertz CT molecular complexity index is 848. The van der Waals surface area contributed by atoms with Crippen molar-refractivity contribution in [2.45, 2.75) is 20.0 Å². The van der Waals surface area contributed by atoms with E-state index in [4.69, 9.17) is 14.9 Å². The number of benzene rings is 3. The number of esters is 1. The topological polar surface area (TPSA) is 67.2 Å². The molecule has 1 N–H and O–H groups in total. The average molecular weight is 387 g/mol. The Hall–Kier alpha value is -3.75. The fourth-order valence-electron chi connectivity index (χ4n) is 2.92. The lowest BCUT2D eigenvalue weighted by molar-refractivity contribution is -0.148. The van der Waals surface area contributed by atoms with E-state index in [0.29, 0.717) is 5.57 Å². The van der Waals surface area contributed by atoms with E-state index in [2.05, 4.69) is 6.58 Å². The molecular formula is C25H25NO3. The third-order valence-corrected chi connectivity index (χ3v) is 4.14. The monoisotopic (exact) mass is 387 g/mol. The number of isocyanates is 1. The van der Waals surface area contributed by atoms with Gasteiger partial charge >= 0.3 is 5.97 Å². The van der Waals surface area contributed by atoms with Gasteiger partial charge in [0.05, 0.1) is 0 Å². The van der Waals surface area contributed by atoms with Crippen molar-refractivity contribution in [3.8, 4) is 0 Å². The van der Waals surface area contributed by atoms with Gasteiger partial charge in [0.1, 0.15) is 0 Å². The van der Waals surface area contributed by atoms with Crippen molar-refractivity contribution in [2.75, 3.05) is 0 Å². The maximum Gasteiger partial charge on any atom is 0.334 e. The van der Waals surface area contributed by atoms with E-state index in [9.17, 15) is 4.79 Å². The van der Waals surface area contributed by atoms with Crippen LogP contribution in [0, 0.1) is 5.41 Å². The van der Waals surface area contributed by atoms with Gasteiger partial charge in [-0.15, -0.1) is 0 Å². The molecule has 0 aliphatic rings. The van der Waals surface area contributed by atoms with Gasteiger partial charge in [-0.1, -0.05) is 105 Å². The second kappa shape index (κ2) is 11.2. The average Bonchev–Trinajstić information content (AvgIpc) is 2.74. The van der Waals surface area contributed by atoms with Crippen molar-refractivity contribution in [3.05, 3.63) is 120 Å². The fraction of sp³-hybridized carbons (Fsp3) is 0.120. The van der Waals surface area contributed by atoms with Crippen LogP contribution in [0.15, 0.2) is 103 Å². The minimum Gasteiger partial charge on any atom is -0.441 e. The van der Waals surface area contributed by atoms with Gasteiger partial charge in [-0.3, -0.25) is 0 Å². The summed E-state index contributed by atoms with van der Waals surface area (Å²) in [7, 11) is 0. The van der Waals surface area contributed by atoms with Gasteiger partial charge in [0.25, 0.3) is 0 Å². The predicted octanol–water partition coefficient (Wildman–Crippen LogP) is 5.63. The molecule has 0 aliphatic carbocycles. The quantitative estimate of drug-likeness (QED) is 0.203. The minimum atomic E-state index is -1.03. The zero-order valence-corrected chi connectivity index (χ0v) is 15.6. The largest absolute Gasteiger partial charge is 0.441 e. The van der Waals surface area contributed by atoms with Crippen LogP contribution in [0.5, 0.6) is 0 Å². The van der Waals surface area contributed by atoms with Crippen LogP contribution in [0.2, 0.25) is 0 Å². The lowest BCUT2D eigenvalue weighted by atomic mass is 9.80. The van der Waals surface area contributed by atoms with E-state index in [1.807, 2.05) is 91.0 Å². The molecule has 0 unspecified atom stereocenters. The smallest absolute Gasteiger partial charge is 0.334 e. The summed E-state index contributed by atoms with van der Waals surface area (Å²) in [5, 5.41) is 5.40. The van der Waals surface area contributed by atoms with Crippen LogP contribution in [-0.4, -0.2) is 12.0 Å². The standard InChI is InChI=1S/C23H20O2.CHNO.CH4/c1-18(2)22(24)25-23(19-12-6-3-7-13-19,20-14-8-4-9-15-20)21-16-10-5-11-17-21;2-1-3;/h3-17H,1H2,2H3;2H;1H4. The summed E-state index contributed by atoms with van der Waals surface area (Å²) in [5.41, 5.74) is 2.01. The Kier molecular flexibility index (Phi) is 8.97. The van der Waals surface area contributed by atoms with Gasteiger partial charge in [0.15, 0.2) is 5.60 Å². The molecule has 0 radical (unpaired) electrons. The van der Waals surface area contributed by atoms with Gasteiger partial charge in [-0.25, -0.2) is 15.0 Å². The minimum absolute atomic E-state index is 0. The maximum absolute atomic E-state index is 12.6. The molecule has 0 aromatic heterocycles. The molecule has 0 amide bonds. The first-order valence-electron chi connectivity index (χ1n) is 8.65. The first kappa shape index (κ1) is 23.3. The molecule has 0 atom stereocenters. The van der Waals surface area contributed by atoms with Crippen molar-refractivity contribution in [2.24, 2.45) is 0 Å². The van der Waals surface area contributed by atoms with E-state index in [1.165, 1.54) is 0 Å². The summed E-state index contributed by atoms with van der Waals surface area (Å²) in [5.74, 6) is -0.420. The Morgan fingerprint density at radius 2 is 1.10 bits per heavy atom. The summed E-state index contributed by atoms with van der Waals surface area (Å²) in [4.78, 5) is 20.9. The van der Waals surface area contributed by atoms with Crippen LogP contribution in [0.25, 0.3) is 0 Å². The molecule has 0 heterocycles. The molecule has 29 heavy (non-hydrogen) atoms. The summed E-state index contributed by atoms with van der Waals surface area (Å²) < 4.78 is 6.12. The number of carbonyl (C=O) groups excluding carboxylic acids is 2. The van der Waals surface area contributed by atoms with Crippen LogP contribution in [0.3, 0.4) is 0 Å². The second-order valence-electron chi connectivity index (χ2n) is 6.05. The van der Waals surface area contributed by atoms with Crippen molar-refractivity contribution >= 4 is 12.0 Å². The number of hydrogen-bond donors (Lipinski definition) is 1. The van der Waals surface area contributed by atoms with E-state index < -0.39 is 11.6 Å². The Balaban J connectivity index is 0.000000990. The molecule has 3 aromatic rings. The van der Waals surface area contributed by atoms with Gasteiger partial charge in [-0.2, -0.15) is 0 Å². The van der Waals surface area contributed by atoms with E-state index in [1.54, 1.807) is 6.92 Å². The fourth-order valence-corrected chi connectivity index (χ4v) is 2.92. The highest BCUT2D eigenvalue weighted by Gasteiger charge is 2.40. The zero-order valence-electron chi connectivity index (χ0n) is 15.6. The number of nitrogens with one attached hydrogen (secondary N) is 1. The molecule has 148 valence electrons. The summed E-state index contributed by atoms with van der Waals surface area (Å²) in [6.07, 6.45) is 0.750. The number of ether oxygens (including phenoxy) is 1. The highest BCUT2D eigenvalue weighted by atomic mass is 16.6. The highest BCUT2D eigenvalue weighted by Crippen LogP contribution is 2.40. The van der Waals surface area contributed by atoms with Crippen molar-refractivity contribution in [3.63, 3.8) is 0 Å². The van der Waals surface area contributed by atoms with Crippen LogP contribution in [0.1, 0.15) is 31.0 Å². The summed E-state index contributed by atoms with van der Waals surface area (Å²) in [6.45, 7) is 5.41. The third-order valence-electron chi connectivity index (χ3n) is 4.14. The lowest BCUT2D eigenvalue weighted by Crippen LogP contribution is -2.35. The molecule has 4 heteroatoms. The SMILES string of the molecule is C.C=C(C)C(=O)OC(c1ccccc1)(c1ccccc1)c1ccccc1.N=C=O. The molecular weight excluding hydrogens is 362 g/mol. The normalized spacial score (nSPS) is 9.69. The van der Waals surface area contributed by atoms with E-state index in [-0.39, 0.29) is 7.43 Å². The van der Waals surface area contributed by atoms with Crippen molar-refractivity contribution < 1.29 is 14.3 Å². The Morgan fingerprint density at radius 3 is 1.34 bits per heavy atom. The lowest BCUT2D eigenvalue weighted by Gasteiger charge is -2.35. The van der Waals surface area contributed by atoms with Crippen LogP contribution in [-0.2, 0) is 19.9 Å². The Morgan fingerprint density at radius 1 is 0.828 bits per heavy atom. The van der Waals surface area contributed by atoms with Gasteiger partial charge in [-0.05, 0) is 6.92 Å². The first-order valence-corrected chi connectivity index (χ1v) is 8.65. The number of hydrogen-bond acceptors (Lipinski definition) is 4. The molecule has 0 saturated heterocycles. The molecule has 3 aromatic carbocycles. The molecule has 3 rings (SSSR count). The van der Waals surface area contributed by atoms with Gasteiger partial charge in [0, 0.05) is 22.3 Å². The van der Waals surface area contributed by atoms with E-state index >= 15 is 0 Å². The second-order valence-corrected chi connectivity index (χ2v) is 6.05. The molecule has 0 fully saturated rings. The zero-order chi connectivity index (χ0) is 20.4. The van der Waals surface area contributed by atoms with Crippen molar-refractivity contribution in [1.82, 2.24) is 0 Å². The highest BCUT2D eigenvalue weighted by molar-refractivity contribution is 5.88. The summed E-state index contributed by atoms with van der Waals surface area (Å²) in [6, 6.07) is 29.4. The number of carbonyl (C=O) groups is 1. The molecule has 0 saturated carbocycles. The maximum atomic E-state index is 12.6. The third kappa shape index (κ3) is 5.38. The van der Waals surface area contributed by atoms with Crippen LogP contribution in [0.4, 0.5) is 0 Å². The Labute approximate surface area is 172 Å². The van der Waals surface area contributed by atoms with E-state index in [0.717, 1.165) is 22.8 Å². The summed E-state index contributed by atoms with van der Waals surface area (Å²) >= 11 is 0. The van der Waals surface area contributed by atoms with Gasteiger partial charge < -0.3 is 4.74 Å².